The van der Waals surface area contributed by atoms with Crippen LogP contribution in [0, 0.1) is 0 Å². The number of hydrogen-bond donors (Lipinski definition) is 1. The largest absolute Gasteiger partial charge is 0.497 e. The number of imidazole rings is 1. The Balaban J connectivity index is 1.82. The fraction of sp³-hybridized carbons (Fsp3) is 0.333. The Labute approximate surface area is 183 Å². The fourth-order valence-corrected chi connectivity index (χ4v) is 3.44. The number of carbonyl (C=O) groups excluding carboxylic acids is 1. The first-order chi connectivity index (χ1) is 15.0. The van der Waals surface area contributed by atoms with Gasteiger partial charge in [-0.05, 0) is 42.7 Å². The molecule has 164 valence electrons. The van der Waals surface area contributed by atoms with Crippen LogP contribution in [0.25, 0.3) is 0 Å². The molecule has 0 spiro atoms. The summed E-state index contributed by atoms with van der Waals surface area (Å²) in [7, 11) is 5.10. The number of aromatic nitrogens is 2. The van der Waals surface area contributed by atoms with Crippen LogP contribution in [0.3, 0.4) is 0 Å². The summed E-state index contributed by atoms with van der Waals surface area (Å²) in [6, 6.07) is 12.9. The number of methoxy groups -OCH3 is 2. The Hall–Kier alpha value is -3.48. The Morgan fingerprint density at radius 1 is 1.13 bits per heavy atom. The zero-order valence-corrected chi connectivity index (χ0v) is 18.4. The predicted octanol–water partition coefficient (Wildman–Crippen LogP) is 3.67. The number of hydrogen-bond acceptors (Lipinski definition) is 5. The fourth-order valence-electron chi connectivity index (χ4n) is 3.44. The molecule has 1 heterocycles. The van der Waals surface area contributed by atoms with Gasteiger partial charge in [0.1, 0.15) is 29.1 Å². The first kappa shape index (κ1) is 22.2. The van der Waals surface area contributed by atoms with Crippen LogP contribution >= 0.6 is 0 Å². The molecule has 1 unspecified atom stereocenters. The van der Waals surface area contributed by atoms with E-state index in [0.717, 1.165) is 22.7 Å². The lowest BCUT2D eigenvalue weighted by atomic mass is 10.0. The number of ether oxygens (including phenoxy) is 3. The van der Waals surface area contributed by atoms with E-state index < -0.39 is 6.04 Å². The summed E-state index contributed by atoms with van der Waals surface area (Å²) in [6.45, 7) is 2.53. The third-order valence-electron chi connectivity index (χ3n) is 5.02. The predicted molar refractivity (Wildman–Crippen MR) is 119 cm³/mol. The van der Waals surface area contributed by atoms with Crippen LogP contribution in [-0.2, 0) is 18.3 Å². The first-order valence-corrected chi connectivity index (χ1v) is 10.3. The van der Waals surface area contributed by atoms with E-state index in [1.807, 2.05) is 61.1 Å². The molecule has 0 aliphatic heterocycles. The van der Waals surface area contributed by atoms with E-state index in [1.54, 1.807) is 26.5 Å². The summed E-state index contributed by atoms with van der Waals surface area (Å²) in [6.07, 6.45) is 4.47. The van der Waals surface area contributed by atoms with Crippen LogP contribution < -0.4 is 19.5 Å². The maximum absolute atomic E-state index is 12.9. The summed E-state index contributed by atoms with van der Waals surface area (Å²) in [5, 5.41) is 3.13. The lowest BCUT2D eigenvalue weighted by Crippen LogP contribution is -2.31. The molecule has 3 rings (SSSR count). The van der Waals surface area contributed by atoms with Crippen LogP contribution in [-0.4, -0.2) is 36.3 Å². The van der Waals surface area contributed by atoms with Gasteiger partial charge in [0.15, 0.2) is 0 Å². The van der Waals surface area contributed by atoms with Gasteiger partial charge in [-0.15, -0.1) is 0 Å². The van der Waals surface area contributed by atoms with Gasteiger partial charge in [-0.3, -0.25) is 4.79 Å². The Morgan fingerprint density at radius 2 is 1.84 bits per heavy atom. The van der Waals surface area contributed by atoms with Gasteiger partial charge in [0.2, 0.25) is 5.91 Å². The van der Waals surface area contributed by atoms with Gasteiger partial charge in [-0.2, -0.15) is 0 Å². The second-order valence-electron chi connectivity index (χ2n) is 7.08. The summed E-state index contributed by atoms with van der Waals surface area (Å²) in [5.41, 5.74) is 1.84. The molecular formula is C24H29N3O4. The van der Waals surface area contributed by atoms with Crippen molar-refractivity contribution >= 4 is 5.91 Å². The van der Waals surface area contributed by atoms with E-state index in [2.05, 4.69) is 10.3 Å². The van der Waals surface area contributed by atoms with Crippen molar-refractivity contribution in [2.45, 2.75) is 25.8 Å². The minimum absolute atomic E-state index is 0.0823. The van der Waals surface area contributed by atoms with E-state index in [0.29, 0.717) is 30.9 Å². The van der Waals surface area contributed by atoms with Gasteiger partial charge in [-0.1, -0.05) is 18.2 Å². The van der Waals surface area contributed by atoms with Crippen LogP contribution in [0.2, 0.25) is 0 Å². The summed E-state index contributed by atoms with van der Waals surface area (Å²) in [4.78, 5) is 17.4. The highest BCUT2D eigenvalue weighted by Gasteiger charge is 2.22. The minimum Gasteiger partial charge on any atom is -0.497 e. The topological polar surface area (TPSA) is 74.6 Å². The molecule has 7 heteroatoms. The quantitative estimate of drug-likeness (QED) is 0.539. The second-order valence-corrected chi connectivity index (χ2v) is 7.08. The molecule has 0 radical (unpaired) electrons. The minimum atomic E-state index is -0.446. The molecule has 0 aliphatic rings. The molecule has 0 fully saturated rings. The van der Waals surface area contributed by atoms with E-state index in [4.69, 9.17) is 14.2 Å². The lowest BCUT2D eigenvalue weighted by molar-refractivity contribution is -0.121. The first-order valence-electron chi connectivity index (χ1n) is 10.3. The maximum Gasteiger partial charge on any atom is 0.221 e. The molecule has 0 saturated heterocycles. The van der Waals surface area contributed by atoms with Crippen molar-refractivity contribution in [3.05, 3.63) is 71.8 Å². The molecule has 0 saturated carbocycles. The molecule has 0 bridgehead atoms. The summed E-state index contributed by atoms with van der Waals surface area (Å²) in [5.74, 6) is 2.75. The standard InChI is InChI=1S/C24H29N3O4/c1-5-31-21-9-7-6-8-17(21)10-11-22(28)26-23(24-25-12-13-27(24)2)18-14-19(29-3)16-20(15-18)30-4/h6-9,12-16,23H,5,10-11H2,1-4H3,(H,26,28). The van der Waals surface area contributed by atoms with Crippen LogP contribution in [0.5, 0.6) is 17.2 Å². The molecule has 31 heavy (non-hydrogen) atoms. The average Bonchev–Trinajstić information content (AvgIpc) is 3.22. The SMILES string of the molecule is CCOc1ccccc1CCC(=O)NC(c1cc(OC)cc(OC)c1)c1nccn1C. The molecule has 0 aliphatic carbocycles. The van der Waals surface area contributed by atoms with Crippen molar-refractivity contribution in [1.82, 2.24) is 14.9 Å². The number of aryl methyl sites for hydroxylation is 2. The highest BCUT2D eigenvalue weighted by molar-refractivity contribution is 5.77. The number of nitrogens with one attached hydrogen (secondary N) is 1. The van der Waals surface area contributed by atoms with E-state index >= 15 is 0 Å². The Kier molecular flexibility index (Phi) is 7.54. The zero-order valence-electron chi connectivity index (χ0n) is 18.4. The molecule has 3 aromatic rings. The molecule has 1 amide bonds. The summed E-state index contributed by atoms with van der Waals surface area (Å²) >= 11 is 0. The van der Waals surface area contributed by atoms with Crippen LogP contribution in [0.4, 0.5) is 0 Å². The monoisotopic (exact) mass is 423 g/mol. The normalized spacial score (nSPS) is 11.6. The van der Waals surface area contributed by atoms with Gasteiger partial charge in [0.25, 0.3) is 0 Å². The molecular weight excluding hydrogens is 394 g/mol. The van der Waals surface area contributed by atoms with Crippen molar-refractivity contribution < 1.29 is 19.0 Å². The van der Waals surface area contributed by atoms with Crippen LogP contribution in [0.15, 0.2) is 54.9 Å². The van der Waals surface area contributed by atoms with Crippen molar-refractivity contribution in [1.29, 1.82) is 0 Å². The third kappa shape index (κ3) is 5.57. The van der Waals surface area contributed by atoms with Gasteiger partial charge >= 0.3 is 0 Å². The van der Waals surface area contributed by atoms with Crippen molar-refractivity contribution in [2.24, 2.45) is 7.05 Å². The van der Waals surface area contributed by atoms with Gasteiger partial charge < -0.3 is 24.1 Å². The van der Waals surface area contributed by atoms with Crippen molar-refractivity contribution in [3.8, 4) is 17.2 Å². The smallest absolute Gasteiger partial charge is 0.221 e. The van der Waals surface area contributed by atoms with Crippen molar-refractivity contribution in [2.75, 3.05) is 20.8 Å². The number of rotatable bonds is 10. The van der Waals surface area contributed by atoms with E-state index in [9.17, 15) is 4.79 Å². The Bertz CT molecular complexity index is 993. The molecule has 2 aromatic carbocycles. The van der Waals surface area contributed by atoms with E-state index in [1.165, 1.54) is 0 Å². The highest BCUT2D eigenvalue weighted by Crippen LogP contribution is 2.29. The molecule has 1 atom stereocenters. The van der Waals surface area contributed by atoms with E-state index in [-0.39, 0.29) is 5.91 Å². The van der Waals surface area contributed by atoms with Gasteiger partial charge in [-0.25, -0.2) is 4.98 Å². The number of amides is 1. The number of nitrogens with zero attached hydrogens (tertiary/aromatic N) is 2. The highest BCUT2D eigenvalue weighted by atomic mass is 16.5. The van der Waals surface area contributed by atoms with Crippen LogP contribution in [0.1, 0.15) is 36.3 Å². The molecule has 1 N–H and O–H groups in total. The second kappa shape index (κ2) is 10.5. The molecule has 1 aromatic heterocycles. The zero-order chi connectivity index (χ0) is 22.2. The summed E-state index contributed by atoms with van der Waals surface area (Å²) < 4.78 is 18.4. The van der Waals surface area contributed by atoms with Crippen molar-refractivity contribution in [3.63, 3.8) is 0 Å². The Morgan fingerprint density at radius 3 is 2.45 bits per heavy atom. The maximum atomic E-state index is 12.9. The van der Waals surface area contributed by atoms with Gasteiger partial charge in [0.05, 0.1) is 20.8 Å². The number of para-hydroxylation sites is 1. The average molecular weight is 424 g/mol. The van der Waals surface area contributed by atoms with Gasteiger partial charge in [0, 0.05) is 31.9 Å². The number of benzene rings is 2. The number of carbonyl (C=O) groups is 1. The molecule has 7 nitrogen and oxygen atoms in total. The third-order valence-corrected chi connectivity index (χ3v) is 5.02. The lowest BCUT2D eigenvalue weighted by Gasteiger charge is -2.21.